The van der Waals surface area contributed by atoms with Gasteiger partial charge in [-0.3, -0.25) is 14.5 Å². The number of unbranched alkanes of at least 4 members (excludes halogenated alkanes) is 1. The minimum atomic E-state index is -1.36. The maximum Gasteiger partial charge on any atom is 0.326 e. The zero-order valence-corrected chi connectivity index (χ0v) is 15.2. The molecule has 3 amide bonds. The van der Waals surface area contributed by atoms with Crippen LogP contribution in [0.2, 0.25) is 0 Å². The van der Waals surface area contributed by atoms with E-state index in [9.17, 15) is 14.4 Å². The van der Waals surface area contributed by atoms with Gasteiger partial charge in [0.25, 0.3) is 5.91 Å². The number of carbonyl (C=O) groups excluding carboxylic acids is 3. The number of ether oxygens (including phenoxy) is 1. The van der Waals surface area contributed by atoms with Crippen molar-refractivity contribution < 1.29 is 19.1 Å². The molecule has 2 aromatic rings. The molecular weight excluding hydrogens is 344 g/mol. The maximum absolute atomic E-state index is 13.3. The smallest absolute Gasteiger partial charge is 0.326 e. The summed E-state index contributed by atoms with van der Waals surface area (Å²) in [5, 5.41) is 2.80. The number of nitrogens with one attached hydrogen (secondary N) is 1. The van der Waals surface area contributed by atoms with E-state index in [0.29, 0.717) is 11.1 Å². The molecule has 6 nitrogen and oxygen atoms in total. The number of amides is 3. The lowest BCUT2D eigenvalue weighted by Gasteiger charge is -2.27. The molecule has 0 bridgehead atoms. The number of urea groups is 1. The van der Waals surface area contributed by atoms with Crippen molar-refractivity contribution >= 4 is 17.9 Å². The summed E-state index contributed by atoms with van der Waals surface area (Å²) in [6.07, 6.45) is 1.63. The summed E-state index contributed by atoms with van der Waals surface area (Å²) < 4.78 is 5.11. The molecule has 0 atom stereocenters. The average Bonchev–Trinajstić information content (AvgIpc) is 2.95. The average molecular weight is 366 g/mol. The number of hydrogen-bond acceptors (Lipinski definition) is 4. The number of carbonyl (C=O) groups is 3. The lowest BCUT2D eigenvalue weighted by Crippen LogP contribution is -2.45. The fourth-order valence-corrected chi connectivity index (χ4v) is 3.16. The molecule has 0 aromatic heterocycles. The fraction of sp³-hybridized carbons (Fsp3) is 0.286. The summed E-state index contributed by atoms with van der Waals surface area (Å²) >= 11 is 0. The van der Waals surface area contributed by atoms with Crippen molar-refractivity contribution in [1.82, 2.24) is 10.2 Å². The lowest BCUT2D eigenvalue weighted by atomic mass is 9.82. The van der Waals surface area contributed by atoms with Crippen LogP contribution in [0.1, 0.15) is 30.9 Å². The Balaban J connectivity index is 1.93. The van der Waals surface area contributed by atoms with Gasteiger partial charge in [-0.1, -0.05) is 74.0 Å². The van der Waals surface area contributed by atoms with E-state index in [1.807, 2.05) is 19.1 Å². The lowest BCUT2D eigenvalue weighted by molar-refractivity contribution is -0.147. The van der Waals surface area contributed by atoms with Crippen LogP contribution in [0.3, 0.4) is 0 Å². The molecule has 1 fully saturated rings. The summed E-state index contributed by atoms with van der Waals surface area (Å²) in [6.45, 7) is 1.86. The van der Waals surface area contributed by atoms with Crippen LogP contribution in [0.4, 0.5) is 4.79 Å². The molecule has 27 heavy (non-hydrogen) atoms. The van der Waals surface area contributed by atoms with E-state index < -0.39 is 30.0 Å². The van der Waals surface area contributed by atoms with E-state index in [1.165, 1.54) is 0 Å². The Hall–Kier alpha value is -3.15. The van der Waals surface area contributed by atoms with Gasteiger partial charge in [-0.05, 0) is 17.5 Å². The van der Waals surface area contributed by atoms with Gasteiger partial charge < -0.3 is 10.1 Å². The second-order valence-corrected chi connectivity index (χ2v) is 6.38. The number of esters is 1. The number of imide groups is 1. The predicted octanol–water partition coefficient (Wildman–Crippen LogP) is 2.83. The highest BCUT2D eigenvalue weighted by Gasteiger charge is 2.54. The monoisotopic (exact) mass is 366 g/mol. The van der Waals surface area contributed by atoms with Gasteiger partial charge >= 0.3 is 12.0 Å². The van der Waals surface area contributed by atoms with Crippen molar-refractivity contribution in [3.8, 4) is 0 Å². The van der Waals surface area contributed by atoms with Crippen LogP contribution < -0.4 is 5.32 Å². The summed E-state index contributed by atoms with van der Waals surface area (Å²) in [4.78, 5) is 38.9. The fourth-order valence-electron chi connectivity index (χ4n) is 3.16. The first-order valence-corrected chi connectivity index (χ1v) is 9.00. The molecule has 1 N–H and O–H groups in total. The van der Waals surface area contributed by atoms with Crippen molar-refractivity contribution in [3.05, 3.63) is 71.8 Å². The van der Waals surface area contributed by atoms with Gasteiger partial charge in [0.2, 0.25) is 0 Å². The third kappa shape index (κ3) is 3.56. The van der Waals surface area contributed by atoms with E-state index in [1.54, 1.807) is 48.5 Å². The third-order valence-electron chi connectivity index (χ3n) is 4.57. The quantitative estimate of drug-likeness (QED) is 0.464. The molecular formula is C21H22N2O4. The van der Waals surface area contributed by atoms with E-state index in [2.05, 4.69) is 5.32 Å². The molecule has 3 rings (SSSR count). The van der Waals surface area contributed by atoms with Crippen LogP contribution in [0.15, 0.2) is 60.7 Å². The first-order chi connectivity index (χ1) is 13.1. The van der Waals surface area contributed by atoms with Crippen molar-refractivity contribution in [1.29, 1.82) is 0 Å². The molecule has 6 heteroatoms. The highest BCUT2D eigenvalue weighted by molar-refractivity contribution is 6.11. The van der Waals surface area contributed by atoms with E-state index in [0.717, 1.165) is 17.7 Å². The minimum absolute atomic E-state index is 0.279. The highest BCUT2D eigenvalue weighted by atomic mass is 16.5. The first-order valence-electron chi connectivity index (χ1n) is 9.00. The molecule has 140 valence electrons. The molecule has 1 aliphatic rings. The van der Waals surface area contributed by atoms with Gasteiger partial charge in [-0.25, -0.2) is 4.79 Å². The Morgan fingerprint density at radius 2 is 1.56 bits per heavy atom. The van der Waals surface area contributed by atoms with Gasteiger partial charge in [0.15, 0.2) is 5.54 Å². The minimum Gasteiger partial charge on any atom is -0.464 e. The molecule has 1 saturated heterocycles. The van der Waals surface area contributed by atoms with Crippen LogP contribution in [0.5, 0.6) is 0 Å². The molecule has 0 spiro atoms. The normalized spacial score (nSPS) is 15.5. The molecule has 1 heterocycles. The Kier molecular flexibility index (Phi) is 5.54. The van der Waals surface area contributed by atoms with Crippen LogP contribution in [-0.4, -0.2) is 36.0 Å². The Bertz CT molecular complexity index is 781. The molecule has 0 aliphatic carbocycles. The van der Waals surface area contributed by atoms with Gasteiger partial charge in [0, 0.05) is 0 Å². The zero-order valence-electron chi connectivity index (χ0n) is 15.2. The number of benzene rings is 2. The summed E-state index contributed by atoms with van der Waals surface area (Å²) in [6, 6.07) is 17.4. The topological polar surface area (TPSA) is 75.7 Å². The summed E-state index contributed by atoms with van der Waals surface area (Å²) in [5.74, 6) is -1.08. The van der Waals surface area contributed by atoms with Crippen molar-refractivity contribution in [2.75, 3.05) is 13.2 Å². The first kappa shape index (κ1) is 18.6. The van der Waals surface area contributed by atoms with E-state index >= 15 is 0 Å². The summed E-state index contributed by atoms with van der Waals surface area (Å²) in [7, 11) is 0. The second kappa shape index (κ2) is 8.03. The molecule has 0 saturated carbocycles. The van der Waals surface area contributed by atoms with Gasteiger partial charge in [0.05, 0.1) is 6.61 Å². The number of rotatable bonds is 7. The Morgan fingerprint density at radius 3 is 2.07 bits per heavy atom. The Labute approximate surface area is 158 Å². The molecule has 2 aromatic carbocycles. The summed E-state index contributed by atoms with van der Waals surface area (Å²) in [5.41, 5.74) is -0.0867. The molecule has 1 aliphatic heterocycles. The number of nitrogens with zero attached hydrogens (tertiary/aromatic N) is 1. The third-order valence-corrected chi connectivity index (χ3v) is 4.57. The van der Waals surface area contributed by atoms with Crippen LogP contribution in [0.25, 0.3) is 0 Å². The maximum atomic E-state index is 13.3. The van der Waals surface area contributed by atoms with Crippen LogP contribution >= 0.6 is 0 Å². The van der Waals surface area contributed by atoms with Gasteiger partial charge in [-0.2, -0.15) is 0 Å². The Morgan fingerprint density at radius 1 is 1.00 bits per heavy atom. The van der Waals surface area contributed by atoms with Crippen LogP contribution in [0, 0.1) is 0 Å². The van der Waals surface area contributed by atoms with Gasteiger partial charge in [0.1, 0.15) is 6.54 Å². The molecule has 0 unspecified atom stereocenters. The van der Waals surface area contributed by atoms with Crippen molar-refractivity contribution in [3.63, 3.8) is 0 Å². The number of hydrogen-bond donors (Lipinski definition) is 1. The van der Waals surface area contributed by atoms with E-state index in [-0.39, 0.29) is 6.61 Å². The predicted molar refractivity (Wildman–Crippen MR) is 99.8 cm³/mol. The standard InChI is InChI=1S/C21H22N2O4/c1-2-3-14-27-18(24)15-23-19(25)21(22-20(23)26,16-10-6-4-7-11-16)17-12-8-5-9-13-17/h4-13H,2-3,14-15H2,1H3,(H,22,26). The second-order valence-electron chi connectivity index (χ2n) is 6.38. The SMILES string of the molecule is CCCCOC(=O)CN1C(=O)NC(c2ccccc2)(c2ccccc2)C1=O. The zero-order chi connectivity index (χ0) is 19.3. The largest absolute Gasteiger partial charge is 0.464 e. The van der Waals surface area contributed by atoms with Crippen molar-refractivity contribution in [2.45, 2.75) is 25.3 Å². The van der Waals surface area contributed by atoms with Gasteiger partial charge in [-0.15, -0.1) is 0 Å². The van der Waals surface area contributed by atoms with Crippen LogP contribution in [-0.2, 0) is 19.9 Å². The van der Waals surface area contributed by atoms with Crippen molar-refractivity contribution in [2.24, 2.45) is 0 Å². The highest BCUT2D eigenvalue weighted by Crippen LogP contribution is 2.35. The van der Waals surface area contributed by atoms with E-state index in [4.69, 9.17) is 4.74 Å². The molecule has 0 radical (unpaired) electrons.